The SMILES string of the molecule is CCCNc1cc(-c2cnc(C(F)(F)F)s2)nc(CC)n1. The van der Waals surface area contributed by atoms with E-state index in [1.54, 1.807) is 6.07 Å². The van der Waals surface area contributed by atoms with Crippen LogP contribution in [0, 0.1) is 0 Å². The third kappa shape index (κ3) is 3.90. The molecule has 0 aliphatic rings. The molecule has 2 aromatic heterocycles. The molecule has 0 saturated heterocycles. The van der Waals surface area contributed by atoms with Gasteiger partial charge in [-0.15, -0.1) is 11.3 Å². The van der Waals surface area contributed by atoms with Gasteiger partial charge in [-0.1, -0.05) is 13.8 Å². The summed E-state index contributed by atoms with van der Waals surface area (Å²) in [7, 11) is 0. The summed E-state index contributed by atoms with van der Waals surface area (Å²) in [6.07, 6.45) is -1.68. The zero-order valence-corrected chi connectivity index (χ0v) is 12.5. The average Bonchev–Trinajstić information content (AvgIpc) is 2.94. The van der Waals surface area contributed by atoms with Crippen LogP contribution in [-0.4, -0.2) is 21.5 Å². The molecule has 0 spiro atoms. The fourth-order valence-corrected chi connectivity index (χ4v) is 2.39. The Kier molecular flexibility index (Phi) is 4.76. The predicted octanol–water partition coefficient (Wildman–Crippen LogP) is 4.00. The highest BCUT2D eigenvalue weighted by Crippen LogP contribution is 2.36. The van der Waals surface area contributed by atoms with Crippen LogP contribution in [-0.2, 0) is 12.6 Å². The standard InChI is InChI=1S/C13H15F3N4S/c1-3-5-17-11-6-8(19-10(4-2)20-11)9-7-18-12(21-9)13(14,15)16/h6-7H,3-5H2,1-2H3,(H,17,19,20). The number of nitrogens with one attached hydrogen (secondary N) is 1. The van der Waals surface area contributed by atoms with E-state index in [1.807, 2.05) is 13.8 Å². The topological polar surface area (TPSA) is 50.7 Å². The van der Waals surface area contributed by atoms with Crippen LogP contribution < -0.4 is 5.32 Å². The number of hydrogen-bond acceptors (Lipinski definition) is 5. The Labute approximate surface area is 124 Å². The number of rotatable bonds is 5. The quantitative estimate of drug-likeness (QED) is 0.906. The lowest BCUT2D eigenvalue weighted by molar-refractivity contribution is -0.137. The summed E-state index contributed by atoms with van der Waals surface area (Å²) in [5.41, 5.74) is 0.466. The summed E-state index contributed by atoms with van der Waals surface area (Å²) in [5, 5.41) is 2.26. The van der Waals surface area contributed by atoms with Crippen LogP contribution in [0.1, 0.15) is 31.1 Å². The van der Waals surface area contributed by atoms with Crippen molar-refractivity contribution >= 4 is 17.2 Å². The van der Waals surface area contributed by atoms with Gasteiger partial charge in [0, 0.05) is 25.2 Å². The highest BCUT2D eigenvalue weighted by molar-refractivity contribution is 7.15. The van der Waals surface area contributed by atoms with E-state index in [9.17, 15) is 13.2 Å². The lowest BCUT2D eigenvalue weighted by atomic mass is 10.3. The van der Waals surface area contributed by atoms with Gasteiger partial charge in [0.25, 0.3) is 0 Å². The van der Waals surface area contributed by atoms with Crippen molar-refractivity contribution in [3.8, 4) is 10.6 Å². The highest BCUT2D eigenvalue weighted by atomic mass is 32.1. The van der Waals surface area contributed by atoms with Gasteiger partial charge in [-0.25, -0.2) is 15.0 Å². The molecule has 2 heterocycles. The van der Waals surface area contributed by atoms with Crippen LogP contribution in [0.3, 0.4) is 0 Å². The fourth-order valence-electron chi connectivity index (χ4n) is 1.65. The molecule has 0 aromatic carbocycles. The van der Waals surface area contributed by atoms with Crippen LogP contribution in [0.2, 0.25) is 0 Å². The van der Waals surface area contributed by atoms with Crippen LogP contribution >= 0.6 is 11.3 Å². The van der Waals surface area contributed by atoms with E-state index in [4.69, 9.17) is 0 Å². The molecular weight excluding hydrogens is 301 g/mol. The van der Waals surface area contributed by atoms with Crippen LogP contribution in [0.25, 0.3) is 10.6 Å². The first kappa shape index (κ1) is 15.7. The summed E-state index contributed by atoms with van der Waals surface area (Å²) < 4.78 is 37.8. The molecule has 114 valence electrons. The molecular formula is C13H15F3N4S. The van der Waals surface area contributed by atoms with Crippen molar-refractivity contribution in [2.75, 3.05) is 11.9 Å². The van der Waals surface area contributed by atoms with Crippen molar-refractivity contribution in [3.63, 3.8) is 0 Å². The van der Waals surface area contributed by atoms with E-state index < -0.39 is 11.2 Å². The molecule has 0 bridgehead atoms. The molecule has 2 aromatic rings. The number of alkyl halides is 3. The average molecular weight is 316 g/mol. The summed E-state index contributed by atoms with van der Waals surface area (Å²) in [6, 6.07) is 1.66. The number of halogens is 3. The summed E-state index contributed by atoms with van der Waals surface area (Å²) in [5.74, 6) is 1.22. The maximum Gasteiger partial charge on any atom is 0.443 e. The van der Waals surface area contributed by atoms with Crippen LogP contribution in [0.5, 0.6) is 0 Å². The first-order valence-electron chi connectivity index (χ1n) is 6.59. The van der Waals surface area contributed by atoms with E-state index >= 15 is 0 Å². The van der Waals surface area contributed by atoms with Crippen molar-refractivity contribution in [3.05, 3.63) is 23.1 Å². The molecule has 0 aliphatic carbocycles. The smallest absolute Gasteiger partial charge is 0.370 e. The van der Waals surface area contributed by atoms with Crippen molar-refractivity contribution in [1.82, 2.24) is 15.0 Å². The molecule has 8 heteroatoms. The first-order chi connectivity index (χ1) is 9.94. The zero-order valence-electron chi connectivity index (χ0n) is 11.7. The normalized spacial score (nSPS) is 11.7. The molecule has 21 heavy (non-hydrogen) atoms. The molecule has 0 fully saturated rings. The summed E-state index contributed by atoms with van der Waals surface area (Å²) in [6.45, 7) is 4.67. The van der Waals surface area contributed by atoms with Gasteiger partial charge >= 0.3 is 6.18 Å². The number of anilines is 1. The van der Waals surface area contributed by atoms with Crippen molar-refractivity contribution in [1.29, 1.82) is 0 Å². The van der Waals surface area contributed by atoms with E-state index in [-0.39, 0.29) is 0 Å². The molecule has 0 radical (unpaired) electrons. The van der Waals surface area contributed by atoms with Gasteiger partial charge in [-0.2, -0.15) is 13.2 Å². The largest absolute Gasteiger partial charge is 0.443 e. The van der Waals surface area contributed by atoms with Gasteiger partial charge < -0.3 is 5.32 Å². The Morgan fingerprint density at radius 1 is 1.24 bits per heavy atom. The molecule has 2 rings (SSSR count). The second-order valence-corrected chi connectivity index (χ2v) is 5.39. The Bertz CT molecular complexity index is 610. The van der Waals surface area contributed by atoms with Gasteiger partial charge in [0.15, 0.2) is 5.01 Å². The van der Waals surface area contributed by atoms with Gasteiger partial charge in [0.05, 0.1) is 10.6 Å². The molecule has 0 aliphatic heterocycles. The zero-order chi connectivity index (χ0) is 15.5. The van der Waals surface area contributed by atoms with E-state index in [1.165, 1.54) is 6.20 Å². The molecule has 0 saturated carbocycles. The molecule has 0 amide bonds. The second kappa shape index (κ2) is 6.38. The minimum atomic E-state index is -4.42. The maximum atomic E-state index is 12.6. The number of thiazole rings is 1. The van der Waals surface area contributed by atoms with Crippen molar-refractivity contribution in [2.45, 2.75) is 32.9 Å². The molecule has 4 nitrogen and oxygen atoms in total. The third-order valence-electron chi connectivity index (χ3n) is 2.65. The lowest BCUT2D eigenvalue weighted by Gasteiger charge is -2.07. The maximum absolute atomic E-state index is 12.6. The van der Waals surface area contributed by atoms with E-state index in [2.05, 4.69) is 20.3 Å². The fraction of sp³-hybridized carbons (Fsp3) is 0.462. The lowest BCUT2D eigenvalue weighted by Crippen LogP contribution is -2.05. The minimum Gasteiger partial charge on any atom is -0.370 e. The molecule has 0 atom stereocenters. The van der Waals surface area contributed by atoms with Crippen molar-refractivity contribution in [2.24, 2.45) is 0 Å². The second-order valence-electron chi connectivity index (χ2n) is 4.36. The predicted molar refractivity (Wildman–Crippen MR) is 76.3 cm³/mol. The number of aromatic nitrogens is 3. The van der Waals surface area contributed by atoms with Gasteiger partial charge in [0.2, 0.25) is 0 Å². The Balaban J connectivity index is 2.36. The molecule has 1 N–H and O–H groups in total. The molecule has 0 unspecified atom stereocenters. The van der Waals surface area contributed by atoms with Gasteiger partial charge in [-0.05, 0) is 6.42 Å². The third-order valence-corrected chi connectivity index (χ3v) is 3.71. The highest BCUT2D eigenvalue weighted by Gasteiger charge is 2.34. The van der Waals surface area contributed by atoms with Crippen LogP contribution in [0.4, 0.5) is 19.0 Å². The summed E-state index contributed by atoms with van der Waals surface area (Å²) >= 11 is 0.590. The number of aryl methyl sites for hydroxylation is 1. The Hall–Kier alpha value is -1.70. The van der Waals surface area contributed by atoms with Gasteiger partial charge in [-0.3, -0.25) is 0 Å². The number of hydrogen-bond donors (Lipinski definition) is 1. The number of nitrogens with zero attached hydrogens (tertiary/aromatic N) is 3. The van der Waals surface area contributed by atoms with E-state index in [0.29, 0.717) is 40.0 Å². The minimum absolute atomic E-state index is 0.388. The Morgan fingerprint density at radius 2 is 2.00 bits per heavy atom. The van der Waals surface area contributed by atoms with E-state index in [0.717, 1.165) is 13.0 Å². The van der Waals surface area contributed by atoms with Crippen molar-refractivity contribution < 1.29 is 13.2 Å². The van der Waals surface area contributed by atoms with Crippen LogP contribution in [0.15, 0.2) is 12.3 Å². The summed E-state index contributed by atoms with van der Waals surface area (Å²) in [4.78, 5) is 12.4. The Morgan fingerprint density at radius 3 is 2.57 bits per heavy atom. The van der Waals surface area contributed by atoms with Gasteiger partial charge in [0.1, 0.15) is 11.6 Å². The first-order valence-corrected chi connectivity index (χ1v) is 7.41. The monoisotopic (exact) mass is 316 g/mol.